The van der Waals surface area contributed by atoms with E-state index in [1.54, 1.807) is 0 Å². The number of hydrogen-bond acceptors (Lipinski definition) is 3. The Balaban J connectivity index is 2.22. The average Bonchev–Trinajstić information content (AvgIpc) is 2.78. The zero-order valence-corrected chi connectivity index (χ0v) is 12.4. The van der Waals surface area contributed by atoms with Gasteiger partial charge in [-0.2, -0.15) is 0 Å². The Morgan fingerprint density at radius 3 is 2.83 bits per heavy atom. The van der Waals surface area contributed by atoms with Gasteiger partial charge >= 0.3 is 0 Å². The van der Waals surface area contributed by atoms with Gasteiger partial charge in [0.25, 0.3) is 0 Å². The van der Waals surface area contributed by atoms with E-state index in [1.807, 2.05) is 26.0 Å². The van der Waals surface area contributed by atoms with Gasteiger partial charge in [0.2, 0.25) is 5.91 Å². The number of aliphatic hydroxyl groups excluding tert-OH is 1. The van der Waals surface area contributed by atoms with E-state index in [2.05, 4.69) is 5.32 Å². The van der Waals surface area contributed by atoms with Crippen molar-refractivity contribution in [2.75, 3.05) is 6.54 Å². The molecule has 0 aliphatic carbocycles. The smallest absolute Gasteiger partial charge is 0.220 e. The van der Waals surface area contributed by atoms with Gasteiger partial charge in [-0.3, -0.25) is 4.79 Å². The summed E-state index contributed by atoms with van der Waals surface area (Å²) in [7, 11) is 0. The summed E-state index contributed by atoms with van der Waals surface area (Å²) in [6, 6.07) is 3.78. The van der Waals surface area contributed by atoms with Crippen LogP contribution in [-0.4, -0.2) is 23.7 Å². The molecule has 2 N–H and O–H groups in total. The third-order valence-corrected chi connectivity index (χ3v) is 4.33. The van der Waals surface area contributed by atoms with E-state index in [0.29, 0.717) is 19.4 Å². The molecular formula is C13H20ClNO2S. The van der Waals surface area contributed by atoms with Crippen LogP contribution in [0.4, 0.5) is 0 Å². The number of aliphatic hydroxyl groups is 1. The highest BCUT2D eigenvalue weighted by molar-refractivity contribution is 7.16. The summed E-state index contributed by atoms with van der Waals surface area (Å²) < 4.78 is 0.748. The van der Waals surface area contributed by atoms with Crippen LogP contribution in [0.2, 0.25) is 4.34 Å². The van der Waals surface area contributed by atoms with Crippen LogP contribution in [0, 0.1) is 5.92 Å². The summed E-state index contributed by atoms with van der Waals surface area (Å²) in [5, 5.41) is 12.5. The van der Waals surface area contributed by atoms with E-state index in [1.165, 1.54) is 11.3 Å². The van der Waals surface area contributed by atoms with Crippen LogP contribution in [0.15, 0.2) is 12.1 Å². The fourth-order valence-corrected chi connectivity index (χ4v) is 2.59. The van der Waals surface area contributed by atoms with Crippen molar-refractivity contribution in [1.82, 2.24) is 5.32 Å². The number of carbonyl (C=O) groups is 1. The number of rotatable bonds is 7. The van der Waals surface area contributed by atoms with Crippen molar-refractivity contribution >= 4 is 28.8 Å². The van der Waals surface area contributed by atoms with E-state index in [-0.39, 0.29) is 11.8 Å². The van der Waals surface area contributed by atoms with Crippen LogP contribution in [0.25, 0.3) is 0 Å². The average molecular weight is 290 g/mol. The lowest BCUT2D eigenvalue weighted by Crippen LogP contribution is -2.35. The van der Waals surface area contributed by atoms with Crippen molar-refractivity contribution < 1.29 is 9.90 Å². The van der Waals surface area contributed by atoms with Crippen LogP contribution in [-0.2, 0) is 11.2 Å². The molecule has 1 aromatic heterocycles. The van der Waals surface area contributed by atoms with Crippen LogP contribution < -0.4 is 5.32 Å². The first-order valence-corrected chi connectivity index (χ1v) is 7.41. The molecule has 0 aliphatic rings. The van der Waals surface area contributed by atoms with Crippen molar-refractivity contribution in [2.45, 2.75) is 39.2 Å². The van der Waals surface area contributed by atoms with E-state index in [4.69, 9.17) is 11.6 Å². The molecule has 0 saturated carbocycles. The normalized spacial score (nSPS) is 14.2. The maximum Gasteiger partial charge on any atom is 0.220 e. The highest BCUT2D eigenvalue weighted by Crippen LogP contribution is 2.22. The monoisotopic (exact) mass is 289 g/mol. The van der Waals surface area contributed by atoms with Gasteiger partial charge in [0.1, 0.15) is 0 Å². The predicted molar refractivity (Wildman–Crippen MR) is 76.1 cm³/mol. The minimum absolute atomic E-state index is 0.0260. The first-order chi connectivity index (χ1) is 8.52. The standard InChI is InChI=1S/C13H20ClNO2S/c1-3-9(2)11(16)8-15-13(17)7-5-10-4-6-12(14)18-10/h4,6,9,11,16H,3,5,7-8H2,1-2H3,(H,15,17). The molecule has 0 bridgehead atoms. The molecule has 0 spiro atoms. The van der Waals surface area contributed by atoms with Crippen molar-refractivity contribution in [3.05, 3.63) is 21.3 Å². The van der Waals surface area contributed by atoms with Crippen LogP contribution in [0.3, 0.4) is 0 Å². The van der Waals surface area contributed by atoms with Gasteiger partial charge in [0, 0.05) is 17.8 Å². The van der Waals surface area contributed by atoms with E-state index < -0.39 is 6.10 Å². The molecule has 18 heavy (non-hydrogen) atoms. The quantitative estimate of drug-likeness (QED) is 0.811. The predicted octanol–water partition coefficient (Wildman–Crippen LogP) is 2.86. The Kier molecular flexibility index (Phi) is 6.68. The molecule has 1 rings (SSSR count). The molecule has 0 saturated heterocycles. The van der Waals surface area contributed by atoms with Gasteiger partial charge in [-0.15, -0.1) is 11.3 Å². The van der Waals surface area contributed by atoms with Crippen molar-refractivity contribution in [3.63, 3.8) is 0 Å². The summed E-state index contributed by atoms with van der Waals surface area (Å²) in [5.74, 6) is 0.184. The van der Waals surface area contributed by atoms with E-state index >= 15 is 0 Å². The molecule has 1 heterocycles. The maximum absolute atomic E-state index is 11.6. The van der Waals surface area contributed by atoms with Crippen LogP contribution in [0.5, 0.6) is 0 Å². The molecule has 1 amide bonds. The van der Waals surface area contributed by atoms with Crippen molar-refractivity contribution in [1.29, 1.82) is 0 Å². The van der Waals surface area contributed by atoms with Gasteiger partial charge in [0.15, 0.2) is 0 Å². The molecule has 2 atom stereocenters. The second-order valence-corrected chi connectivity index (χ2v) is 6.26. The van der Waals surface area contributed by atoms with Crippen molar-refractivity contribution in [3.8, 4) is 0 Å². The second kappa shape index (κ2) is 7.77. The van der Waals surface area contributed by atoms with Crippen LogP contribution in [0.1, 0.15) is 31.6 Å². The zero-order chi connectivity index (χ0) is 13.5. The third kappa shape index (κ3) is 5.38. The lowest BCUT2D eigenvalue weighted by Gasteiger charge is -2.17. The Morgan fingerprint density at radius 1 is 1.56 bits per heavy atom. The zero-order valence-electron chi connectivity index (χ0n) is 10.8. The number of aryl methyl sites for hydroxylation is 1. The Hall–Kier alpha value is -0.580. The molecule has 0 fully saturated rings. The maximum atomic E-state index is 11.6. The van der Waals surface area contributed by atoms with E-state index in [0.717, 1.165) is 15.6 Å². The third-order valence-electron chi connectivity index (χ3n) is 3.04. The highest BCUT2D eigenvalue weighted by Gasteiger charge is 2.13. The first kappa shape index (κ1) is 15.5. The molecule has 0 radical (unpaired) electrons. The Labute approximate surface area is 117 Å². The fraction of sp³-hybridized carbons (Fsp3) is 0.615. The molecule has 0 aromatic carbocycles. The Morgan fingerprint density at radius 2 is 2.28 bits per heavy atom. The number of halogens is 1. The molecule has 2 unspecified atom stereocenters. The van der Waals surface area contributed by atoms with E-state index in [9.17, 15) is 9.90 Å². The molecule has 0 aliphatic heterocycles. The number of amides is 1. The molecule has 5 heteroatoms. The second-order valence-electron chi connectivity index (χ2n) is 4.46. The first-order valence-electron chi connectivity index (χ1n) is 6.22. The Bertz CT molecular complexity index is 381. The summed E-state index contributed by atoms with van der Waals surface area (Å²) in [6.45, 7) is 4.33. The molecule has 3 nitrogen and oxygen atoms in total. The summed E-state index contributed by atoms with van der Waals surface area (Å²) in [6.07, 6.45) is 1.58. The SMILES string of the molecule is CCC(C)C(O)CNC(=O)CCc1ccc(Cl)s1. The molecule has 102 valence electrons. The largest absolute Gasteiger partial charge is 0.391 e. The number of carbonyl (C=O) groups excluding carboxylic acids is 1. The summed E-state index contributed by atoms with van der Waals surface area (Å²) in [5.41, 5.74) is 0. The van der Waals surface area contributed by atoms with Gasteiger partial charge in [-0.25, -0.2) is 0 Å². The highest BCUT2D eigenvalue weighted by atomic mass is 35.5. The number of hydrogen-bond donors (Lipinski definition) is 2. The summed E-state index contributed by atoms with van der Waals surface area (Å²) >= 11 is 7.31. The lowest BCUT2D eigenvalue weighted by molar-refractivity contribution is -0.121. The van der Waals surface area contributed by atoms with Gasteiger partial charge in [-0.05, 0) is 24.5 Å². The van der Waals surface area contributed by atoms with Gasteiger partial charge < -0.3 is 10.4 Å². The number of thiophene rings is 1. The minimum Gasteiger partial charge on any atom is -0.391 e. The molecular weight excluding hydrogens is 270 g/mol. The lowest BCUT2D eigenvalue weighted by atomic mass is 10.0. The van der Waals surface area contributed by atoms with Gasteiger partial charge in [0.05, 0.1) is 10.4 Å². The van der Waals surface area contributed by atoms with Crippen LogP contribution >= 0.6 is 22.9 Å². The van der Waals surface area contributed by atoms with Gasteiger partial charge in [-0.1, -0.05) is 31.9 Å². The fourth-order valence-electron chi connectivity index (χ4n) is 1.50. The topological polar surface area (TPSA) is 49.3 Å². The van der Waals surface area contributed by atoms with Crippen molar-refractivity contribution in [2.24, 2.45) is 5.92 Å². The number of nitrogens with one attached hydrogen (secondary N) is 1. The molecule has 1 aromatic rings. The summed E-state index contributed by atoms with van der Waals surface area (Å²) in [4.78, 5) is 12.7. The minimum atomic E-state index is -0.463.